The average molecular weight is 214 g/mol. The van der Waals surface area contributed by atoms with Crippen molar-refractivity contribution in [1.82, 2.24) is 0 Å². The molecule has 0 aromatic carbocycles. The largest absolute Gasteiger partial charge is 0.456 e. The Labute approximate surface area is 89.6 Å². The zero-order valence-corrected chi connectivity index (χ0v) is 9.28. The molecule has 0 radical (unpaired) electrons. The maximum atomic E-state index is 11.2. The Morgan fingerprint density at radius 1 is 1.47 bits per heavy atom. The molecule has 0 spiro atoms. The highest BCUT2D eigenvalue weighted by atomic mass is 16.6. The van der Waals surface area contributed by atoms with Crippen molar-refractivity contribution in [1.29, 1.82) is 0 Å². The lowest BCUT2D eigenvalue weighted by Gasteiger charge is -2.27. The Balaban J connectivity index is 2.23. The zero-order valence-electron chi connectivity index (χ0n) is 9.28. The van der Waals surface area contributed by atoms with Gasteiger partial charge >= 0.3 is 5.97 Å². The van der Waals surface area contributed by atoms with Gasteiger partial charge in [0.1, 0.15) is 11.7 Å². The summed E-state index contributed by atoms with van der Waals surface area (Å²) in [6.45, 7) is 3.99. The zero-order chi connectivity index (χ0) is 11.1. The van der Waals surface area contributed by atoms with Crippen LogP contribution in [0.5, 0.6) is 0 Å². The second-order valence-corrected chi connectivity index (χ2v) is 4.57. The first-order valence-electron chi connectivity index (χ1n) is 5.60. The van der Waals surface area contributed by atoms with Gasteiger partial charge in [0.25, 0.3) is 0 Å². The van der Waals surface area contributed by atoms with Crippen LogP contribution in [-0.4, -0.2) is 35.0 Å². The van der Waals surface area contributed by atoms with Crippen LogP contribution >= 0.6 is 0 Å². The van der Waals surface area contributed by atoms with Gasteiger partial charge < -0.3 is 14.6 Å². The number of esters is 1. The molecule has 86 valence electrons. The van der Waals surface area contributed by atoms with E-state index in [-0.39, 0.29) is 18.7 Å². The van der Waals surface area contributed by atoms with Crippen molar-refractivity contribution in [2.45, 2.75) is 56.8 Å². The molecular weight excluding hydrogens is 196 g/mol. The topological polar surface area (TPSA) is 55.8 Å². The maximum absolute atomic E-state index is 11.2. The summed E-state index contributed by atoms with van der Waals surface area (Å²) in [7, 11) is 0. The molecule has 2 saturated heterocycles. The first-order valence-corrected chi connectivity index (χ1v) is 5.60. The van der Waals surface area contributed by atoms with Gasteiger partial charge in [0.15, 0.2) is 0 Å². The van der Waals surface area contributed by atoms with Crippen LogP contribution in [0.25, 0.3) is 0 Å². The van der Waals surface area contributed by atoms with Crippen molar-refractivity contribution >= 4 is 5.97 Å². The molecule has 0 amide bonds. The van der Waals surface area contributed by atoms with Crippen LogP contribution in [0.15, 0.2) is 0 Å². The van der Waals surface area contributed by atoms with Gasteiger partial charge in [-0.05, 0) is 12.8 Å². The van der Waals surface area contributed by atoms with Gasteiger partial charge in [-0.2, -0.15) is 0 Å². The number of ether oxygens (including phenoxy) is 2. The van der Waals surface area contributed by atoms with Gasteiger partial charge in [0.05, 0.1) is 18.6 Å². The SMILES string of the molecule is CC[C@]1(CO)C[C@]2(CC)OC(=O)C[C@@H]2O1. The van der Waals surface area contributed by atoms with Crippen molar-refractivity contribution in [3.63, 3.8) is 0 Å². The van der Waals surface area contributed by atoms with Gasteiger partial charge in [0, 0.05) is 6.42 Å². The van der Waals surface area contributed by atoms with Gasteiger partial charge in [0.2, 0.25) is 0 Å². The van der Waals surface area contributed by atoms with Gasteiger partial charge in [-0.25, -0.2) is 0 Å². The van der Waals surface area contributed by atoms with E-state index >= 15 is 0 Å². The van der Waals surface area contributed by atoms with Crippen molar-refractivity contribution in [3.8, 4) is 0 Å². The van der Waals surface area contributed by atoms with Crippen molar-refractivity contribution < 1.29 is 19.4 Å². The molecule has 15 heavy (non-hydrogen) atoms. The van der Waals surface area contributed by atoms with E-state index in [1.165, 1.54) is 0 Å². The summed E-state index contributed by atoms with van der Waals surface area (Å²) in [6.07, 6.45) is 2.29. The molecule has 3 atom stereocenters. The predicted molar refractivity (Wildman–Crippen MR) is 53.3 cm³/mol. The van der Waals surface area contributed by atoms with E-state index in [1.54, 1.807) is 0 Å². The summed E-state index contributed by atoms with van der Waals surface area (Å²) >= 11 is 0. The summed E-state index contributed by atoms with van der Waals surface area (Å²) in [6, 6.07) is 0. The van der Waals surface area contributed by atoms with Crippen LogP contribution in [0.1, 0.15) is 39.5 Å². The summed E-state index contributed by atoms with van der Waals surface area (Å²) in [4.78, 5) is 11.2. The Morgan fingerprint density at radius 2 is 2.20 bits per heavy atom. The second kappa shape index (κ2) is 3.46. The molecule has 2 aliphatic rings. The molecule has 2 heterocycles. The molecule has 0 aromatic heterocycles. The Hall–Kier alpha value is -0.610. The van der Waals surface area contributed by atoms with E-state index in [2.05, 4.69) is 0 Å². The molecule has 2 aliphatic heterocycles. The number of aliphatic hydroxyl groups excluding tert-OH is 1. The highest BCUT2D eigenvalue weighted by Gasteiger charge is 2.60. The first-order chi connectivity index (χ1) is 7.10. The Kier molecular flexibility index (Phi) is 2.51. The fourth-order valence-electron chi connectivity index (χ4n) is 2.70. The summed E-state index contributed by atoms with van der Waals surface area (Å²) in [5, 5.41) is 9.38. The van der Waals surface area contributed by atoms with Gasteiger partial charge in [-0.3, -0.25) is 4.79 Å². The first kappa shape index (κ1) is 10.9. The third-order valence-corrected chi connectivity index (χ3v) is 3.80. The number of carbonyl (C=O) groups is 1. The van der Waals surface area contributed by atoms with Crippen LogP contribution in [0, 0.1) is 0 Å². The summed E-state index contributed by atoms with van der Waals surface area (Å²) in [5.41, 5.74) is -0.975. The lowest BCUT2D eigenvalue weighted by Crippen LogP contribution is -2.37. The molecular formula is C11H18O4. The van der Waals surface area contributed by atoms with Crippen molar-refractivity contribution in [2.24, 2.45) is 0 Å². The molecule has 2 rings (SSSR count). The van der Waals surface area contributed by atoms with E-state index in [0.29, 0.717) is 12.8 Å². The average Bonchev–Trinajstić information content (AvgIpc) is 2.68. The number of carbonyl (C=O) groups excluding carboxylic acids is 1. The number of aliphatic hydroxyl groups is 1. The third kappa shape index (κ3) is 1.47. The van der Waals surface area contributed by atoms with E-state index < -0.39 is 11.2 Å². The lowest BCUT2D eigenvalue weighted by molar-refractivity contribution is -0.149. The second-order valence-electron chi connectivity index (χ2n) is 4.57. The lowest BCUT2D eigenvalue weighted by atomic mass is 9.85. The quantitative estimate of drug-likeness (QED) is 0.712. The van der Waals surface area contributed by atoms with E-state index in [0.717, 1.165) is 12.8 Å². The highest BCUT2D eigenvalue weighted by Crippen LogP contribution is 2.48. The van der Waals surface area contributed by atoms with Crippen LogP contribution in [0.4, 0.5) is 0 Å². The van der Waals surface area contributed by atoms with Gasteiger partial charge in [-0.15, -0.1) is 0 Å². The van der Waals surface area contributed by atoms with Crippen LogP contribution in [0.3, 0.4) is 0 Å². The smallest absolute Gasteiger partial charge is 0.309 e. The Morgan fingerprint density at radius 3 is 2.67 bits per heavy atom. The Bertz CT molecular complexity index is 272. The summed E-state index contributed by atoms with van der Waals surface area (Å²) in [5.74, 6) is -0.176. The minimum absolute atomic E-state index is 0.000694. The van der Waals surface area contributed by atoms with E-state index in [4.69, 9.17) is 9.47 Å². The molecule has 0 aromatic rings. The van der Waals surface area contributed by atoms with Crippen LogP contribution < -0.4 is 0 Å². The highest BCUT2D eigenvalue weighted by molar-refractivity contribution is 5.73. The summed E-state index contributed by atoms with van der Waals surface area (Å²) < 4.78 is 11.2. The molecule has 0 saturated carbocycles. The van der Waals surface area contributed by atoms with Crippen LogP contribution in [0.2, 0.25) is 0 Å². The number of fused-ring (bicyclic) bond motifs is 1. The molecule has 0 bridgehead atoms. The number of hydrogen-bond donors (Lipinski definition) is 1. The minimum atomic E-state index is -0.499. The molecule has 4 nitrogen and oxygen atoms in total. The third-order valence-electron chi connectivity index (χ3n) is 3.80. The van der Waals surface area contributed by atoms with Gasteiger partial charge in [-0.1, -0.05) is 13.8 Å². The molecule has 2 fully saturated rings. The monoisotopic (exact) mass is 214 g/mol. The fourth-order valence-corrected chi connectivity index (χ4v) is 2.70. The predicted octanol–water partition coefficient (Wildman–Crippen LogP) is 1.01. The number of hydrogen-bond acceptors (Lipinski definition) is 4. The molecule has 4 heteroatoms. The van der Waals surface area contributed by atoms with E-state index in [1.807, 2.05) is 13.8 Å². The standard InChI is InChI=1S/C11H18O4/c1-3-10(7-12)6-11(4-2)8(14-10)5-9(13)15-11/h8,12H,3-7H2,1-2H3/t8-,10+,11-/m0/s1. The maximum Gasteiger partial charge on any atom is 0.309 e. The van der Waals surface area contributed by atoms with E-state index in [9.17, 15) is 9.90 Å². The number of rotatable bonds is 3. The minimum Gasteiger partial charge on any atom is -0.456 e. The van der Waals surface area contributed by atoms with Crippen molar-refractivity contribution in [2.75, 3.05) is 6.61 Å². The van der Waals surface area contributed by atoms with Crippen LogP contribution in [-0.2, 0) is 14.3 Å². The molecule has 0 aliphatic carbocycles. The fraction of sp³-hybridized carbons (Fsp3) is 0.909. The molecule has 0 unspecified atom stereocenters. The molecule has 1 N–H and O–H groups in total. The van der Waals surface area contributed by atoms with Crippen molar-refractivity contribution in [3.05, 3.63) is 0 Å². The normalized spacial score (nSPS) is 44.2.